The number of carbonyl (C=O) groups is 1. The Morgan fingerprint density at radius 2 is 2.29 bits per heavy atom. The van der Waals surface area contributed by atoms with Crippen LogP contribution in [0.5, 0.6) is 0 Å². The van der Waals surface area contributed by atoms with Crippen molar-refractivity contribution in [1.29, 1.82) is 0 Å². The predicted octanol–water partition coefficient (Wildman–Crippen LogP) is 2.01. The summed E-state index contributed by atoms with van der Waals surface area (Å²) in [6.45, 7) is 1.19. The highest BCUT2D eigenvalue weighted by molar-refractivity contribution is 6.31. The maximum absolute atomic E-state index is 12.8. The lowest BCUT2D eigenvalue weighted by Gasteiger charge is -2.14. The van der Waals surface area contributed by atoms with Crippen LogP contribution < -0.4 is 10.2 Å². The lowest BCUT2D eigenvalue weighted by molar-refractivity contribution is 0.252. The summed E-state index contributed by atoms with van der Waals surface area (Å²) in [6.07, 6.45) is 0. The van der Waals surface area contributed by atoms with Crippen molar-refractivity contribution in [1.82, 2.24) is 5.32 Å². The van der Waals surface area contributed by atoms with Crippen LogP contribution in [-0.4, -0.2) is 19.1 Å². The van der Waals surface area contributed by atoms with Crippen molar-refractivity contribution in [2.45, 2.75) is 0 Å². The second-order valence-corrected chi connectivity index (χ2v) is 3.39. The van der Waals surface area contributed by atoms with E-state index in [9.17, 15) is 9.18 Å². The monoisotopic (exact) mass is 214 g/mol. The smallest absolute Gasteiger partial charge is 0.321 e. The summed E-state index contributed by atoms with van der Waals surface area (Å²) >= 11 is 5.61. The van der Waals surface area contributed by atoms with Crippen molar-refractivity contribution in [3.63, 3.8) is 0 Å². The number of nitrogens with one attached hydrogen (secondary N) is 1. The third-order valence-corrected chi connectivity index (χ3v) is 2.36. The Morgan fingerprint density at radius 3 is 2.86 bits per heavy atom. The lowest BCUT2D eigenvalue weighted by Crippen LogP contribution is -2.27. The molecule has 1 fully saturated rings. The fourth-order valence-corrected chi connectivity index (χ4v) is 1.55. The van der Waals surface area contributed by atoms with Gasteiger partial charge in [-0.25, -0.2) is 9.18 Å². The second kappa shape index (κ2) is 3.46. The molecule has 14 heavy (non-hydrogen) atoms. The third-order valence-electron chi connectivity index (χ3n) is 2.07. The van der Waals surface area contributed by atoms with E-state index in [0.717, 1.165) is 0 Å². The van der Waals surface area contributed by atoms with Crippen LogP contribution in [0.3, 0.4) is 0 Å². The molecule has 1 saturated heterocycles. The minimum atomic E-state index is -0.477. The number of urea groups is 1. The van der Waals surface area contributed by atoms with Crippen LogP contribution in [0.25, 0.3) is 0 Å². The predicted molar refractivity (Wildman–Crippen MR) is 52.2 cm³/mol. The van der Waals surface area contributed by atoms with Crippen LogP contribution in [0, 0.1) is 5.82 Å². The Balaban J connectivity index is 2.32. The molecule has 0 aromatic heterocycles. The van der Waals surface area contributed by atoms with Crippen molar-refractivity contribution in [3.8, 4) is 0 Å². The fourth-order valence-electron chi connectivity index (χ4n) is 1.37. The molecule has 1 aliphatic rings. The zero-order valence-electron chi connectivity index (χ0n) is 7.26. The minimum absolute atomic E-state index is 0.0298. The van der Waals surface area contributed by atoms with Crippen molar-refractivity contribution in [3.05, 3.63) is 29.0 Å². The molecule has 2 rings (SSSR count). The summed E-state index contributed by atoms with van der Waals surface area (Å²) in [5.74, 6) is -0.477. The van der Waals surface area contributed by atoms with E-state index in [-0.39, 0.29) is 11.1 Å². The van der Waals surface area contributed by atoms with Gasteiger partial charge in [0.15, 0.2) is 0 Å². The first-order valence-electron chi connectivity index (χ1n) is 4.19. The maximum atomic E-state index is 12.8. The number of halogens is 2. The largest absolute Gasteiger partial charge is 0.336 e. The Labute approximate surface area is 85.5 Å². The summed E-state index contributed by atoms with van der Waals surface area (Å²) in [5.41, 5.74) is 0.617. The summed E-state index contributed by atoms with van der Waals surface area (Å²) in [6, 6.07) is 4.06. The molecule has 0 spiro atoms. The van der Waals surface area contributed by atoms with Crippen LogP contribution in [0.2, 0.25) is 5.02 Å². The van der Waals surface area contributed by atoms with Gasteiger partial charge in [0.25, 0.3) is 0 Å². The van der Waals surface area contributed by atoms with Gasteiger partial charge in [-0.05, 0) is 18.2 Å². The topological polar surface area (TPSA) is 32.3 Å². The third kappa shape index (κ3) is 1.53. The Hall–Kier alpha value is -1.29. The molecule has 1 aliphatic heterocycles. The van der Waals surface area contributed by atoms with E-state index in [1.54, 1.807) is 0 Å². The molecule has 0 unspecified atom stereocenters. The van der Waals surface area contributed by atoms with Gasteiger partial charge in [-0.1, -0.05) is 11.6 Å². The first-order valence-corrected chi connectivity index (χ1v) is 4.57. The van der Waals surface area contributed by atoms with E-state index in [2.05, 4.69) is 5.32 Å². The quantitative estimate of drug-likeness (QED) is 0.762. The Bertz CT molecular complexity index is 383. The average Bonchev–Trinajstić information content (AvgIpc) is 2.57. The average molecular weight is 215 g/mol. The second-order valence-electron chi connectivity index (χ2n) is 2.98. The van der Waals surface area contributed by atoms with Crippen LogP contribution in [-0.2, 0) is 0 Å². The molecule has 1 N–H and O–H groups in total. The summed E-state index contributed by atoms with van der Waals surface area (Å²) in [7, 11) is 0. The first-order chi connectivity index (χ1) is 6.68. The molecule has 0 radical (unpaired) electrons. The van der Waals surface area contributed by atoms with Gasteiger partial charge in [-0.15, -0.1) is 0 Å². The molecule has 0 aliphatic carbocycles. The van der Waals surface area contributed by atoms with Gasteiger partial charge < -0.3 is 5.32 Å². The maximum Gasteiger partial charge on any atom is 0.321 e. The number of anilines is 1. The number of rotatable bonds is 1. The number of hydrogen-bond acceptors (Lipinski definition) is 1. The van der Waals surface area contributed by atoms with E-state index in [4.69, 9.17) is 11.6 Å². The number of benzene rings is 1. The first kappa shape index (κ1) is 9.27. The molecular formula is C9H8ClFN2O. The SMILES string of the molecule is O=C1NCCN1c1ccc(F)c(Cl)c1. The van der Waals surface area contributed by atoms with Gasteiger partial charge in [-0.2, -0.15) is 0 Å². The molecule has 0 bridgehead atoms. The normalized spacial score (nSPS) is 15.9. The van der Waals surface area contributed by atoms with Gasteiger partial charge in [-0.3, -0.25) is 4.90 Å². The molecule has 0 saturated carbocycles. The highest BCUT2D eigenvalue weighted by Crippen LogP contribution is 2.23. The summed E-state index contributed by atoms with van der Waals surface area (Å²) < 4.78 is 12.8. The highest BCUT2D eigenvalue weighted by Gasteiger charge is 2.21. The molecule has 1 aromatic carbocycles. The van der Waals surface area contributed by atoms with Crippen LogP contribution in [0.15, 0.2) is 18.2 Å². The van der Waals surface area contributed by atoms with Gasteiger partial charge in [0, 0.05) is 18.8 Å². The standard InChI is InChI=1S/C9H8ClFN2O/c10-7-5-6(1-2-8(7)11)13-4-3-12-9(13)14/h1-2,5H,3-4H2,(H,12,14). The summed E-state index contributed by atoms with van der Waals surface area (Å²) in [5, 5.41) is 2.68. The molecule has 1 heterocycles. The zero-order valence-corrected chi connectivity index (χ0v) is 8.01. The molecular weight excluding hydrogens is 207 g/mol. The highest BCUT2D eigenvalue weighted by atomic mass is 35.5. The summed E-state index contributed by atoms with van der Waals surface area (Å²) in [4.78, 5) is 12.8. The van der Waals surface area contributed by atoms with Crippen molar-refractivity contribution >= 4 is 23.3 Å². The number of hydrogen-bond donors (Lipinski definition) is 1. The van der Waals surface area contributed by atoms with Gasteiger partial charge >= 0.3 is 6.03 Å². The molecule has 3 nitrogen and oxygen atoms in total. The Morgan fingerprint density at radius 1 is 1.50 bits per heavy atom. The number of nitrogens with zero attached hydrogens (tertiary/aromatic N) is 1. The minimum Gasteiger partial charge on any atom is -0.336 e. The Kier molecular flexibility index (Phi) is 2.29. The van der Waals surface area contributed by atoms with E-state index in [1.165, 1.54) is 23.1 Å². The zero-order chi connectivity index (χ0) is 10.1. The lowest BCUT2D eigenvalue weighted by atomic mass is 10.3. The molecule has 74 valence electrons. The molecule has 2 amide bonds. The molecule has 0 atom stereocenters. The van der Waals surface area contributed by atoms with Crippen LogP contribution >= 0.6 is 11.6 Å². The van der Waals surface area contributed by atoms with Gasteiger partial charge in [0.1, 0.15) is 5.82 Å². The number of amides is 2. The number of carbonyl (C=O) groups excluding carboxylic acids is 1. The van der Waals surface area contributed by atoms with E-state index in [1.807, 2.05) is 0 Å². The van der Waals surface area contributed by atoms with Crippen LogP contribution in [0.1, 0.15) is 0 Å². The van der Waals surface area contributed by atoms with Gasteiger partial charge in [0.2, 0.25) is 0 Å². The van der Waals surface area contributed by atoms with E-state index < -0.39 is 5.82 Å². The fraction of sp³-hybridized carbons (Fsp3) is 0.222. The van der Waals surface area contributed by atoms with Crippen molar-refractivity contribution in [2.75, 3.05) is 18.0 Å². The van der Waals surface area contributed by atoms with Crippen LogP contribution in [0.4, 0.5) is 14.9 Å². The van der Waals surface area contributed by atoms with Crippen molar-refractivity contribution in [2.24, 2.45) is 0 Å². The molecule has 5 heteroatoms. The van der Waals surface area contributed by atoms with E-state index >= 15 is 0 Å². The van der Waals surface area contributed by atoms with E-state index in [0.29, 0.717) is 18.8 Å². The van der Waals surface area contributed by atoms with Gasteiger partial charge in [0.05, 0.1) is 5.02 Å². The van der Waals surface area contributed by atoms with Crippen molar-refractivity contribution < 1.29 is 9.18 Å². The molecule has 1 aromatic rings.